The minimum Gasteiger partial charge on any atom is -0.497 e. The number of carbonyl (C=O) groups is 2. The smallest absolute Gasteiger partial charge is 0.316 e. The van der Waals surface area contributed by atoms with E-state index in [1.54, 1.807) is 19.2 Å². The van der Waals surface area contributed by atoms with Gasteiger partial charge in [0.15, 0.2) is 6.29 Å². The zero-order chi connectivity index (χ0) is 24.3. The van der Waals surface area contributed by atoms with Crippen LogP contribution < -0.4 is 9.47 Å². The van der Waals surface area contributed by atoms with Crippen LogP contribution in [0.5, 0.6) is 11.5 Å². The van der Waals surface area contributed by atoms with Gasteiger partial charge in [-0.15, -0.1) is 0 Å². The fraction of sp³-hybridized carbons (Fsp3) is 0.481. The van der Waals surface area contributed by atoms with E-state index in [1.807, 2.05) is 32.0 Å². The molecular formula is C27H37NO5. The van der Waals surface area contributed by atoms with Crippen LogP contribution in [0.1, 0.15) is 54.6 Å². The number of aldehydes is 1. The molecule has 0 spiro atoms. The highest BCUT2D eigenvalue weighted by molar-refractivity contribution is 5.85. The first-order chi connectivity index (χ1) is 15.9. The summed E-state index contributed by atoms with van der Waals surface area (Å²) in [4.78, 5) is 26.7. The highest BCUT2D eigenvalue weighted by atomic mass is 16.5. The lowest BCUT2D eigenvalue weighted by Crippen LogP contribution is -2.38. The van der Waals surface area contributed by atoms with Crippen molar-refractivity contribution >= 4 is 12.3 Å². The van der Waals surface area contributed by atoms with E-state index in [0.717, 1.165) is 43.5 Å². The molecule has 0 heterocycles. The van der Waals surface area contributed by atoms with Crippen LogP contribution in [-0.4, -0.2) is 58.1 Å². The van der Waals surface area contributed by atoms with E-state index in [0.29, 0.717) is 30.8 Å². The monoisotopic (exact) mass is 455 g/mol. The first-order valence-electron chi connectivity index (χ1n) is 11.6. The second kappa shape index (κ2) is 13.0. The third-order valence-corrected chi connectivity index (χ3v) is 6.27. The van der Waals surface area contributed by atoms with E-state index in [2.05, 4.69) is 24.1 Å². The number of hydrogen-bond acceptors (Lipinski definition) is 6. The maximum Gasteiger partial charge on any atom is 0.316 e. The number of nitrogens with zero attached hydrogens (tertiary/aromatic N) is 1. The quantitative estimate of drug-likeness (QED) is 0.304. The van der Waals surface area contributed by atoms with Crippen LogP contribution in [0.2, 0.25) is 0 Å². The molecule has 0 saturated heterocycles. The van der Waals surface area contributed by atoms with Gasteiger partial charge in [0.2, 0.25) is 0 Å². The molecule has 2 aromatic rings. The van der Waals surface area contributed by atoms with Gasteiger partial charge in [-0.05, 0) is 81.6 Å². The summed E-state index contributed by atoms with van der Waals surface area (Å²) in [5.74, 6) is 1.11. The summed E-state index contributed by atoms with van der Waals surface area (Å²) < 4.78 is 16.1. The molecule has 0 aliphatic carbocycles. The molecule has 180 valence electrons. The van der Waals surface area contributed by atoms with Gasteiger partial charge in [0.25, 0.3) is 0 Å². The molecule has 0 aliphatic rings. The molecule has 0 aromatic heterocycles. The molecule has 0 aliphatic heterocycles. The molecular weight excluding hydrogens is 418 g/mol. The van der Waals surface area contributed by atoms with Crippen molar-refractivity contribution in [1.29, 1.82) is 0 Å². The summed E-state index contributed by atoms with van der Waals surface area (Å²) in [6.07, 6.45) is 3.80. The molecule has 0 bridgehead atoms. The number of likely N-dealkylation sites (N-methyl/N-ethyl adjacent to an activating group) is 1. The molecule has 0 N–H and O–H groups in total. The van der Waals surface area contributed by atoms with E-state index in [1.165, 1.54) is 12.7 Å². The minimum atomic E-state index is -0.776. The van der Waals surface area contributed by atoms with E-state index >= 15 is 0 Å². The molecule has 1 atom stereocenters. The summed E-state index contributed by atoms with van der Waals surface area (Å²) in [7, 11) is 5.30. The predicted molar refractivity (Wildman–Crippen MR) is 130 cm³/mol. The van der Waals surface area contributed by atoms with Gasteiger partial charge in [-0.1, -0.05) is 25.1 Å². The molecule has 33 heavy (non-hydrogen) atoms. The minimum absolute atomic E-state index is 0.228. The van der Waals surface area contributed by atoms with Crippen LogP contribution >= 0.6 is 0 Å². The summed E-state index contributed by atoms with van der Waals surface area (Å²) >= 11 is 0. The van der Waals surface area contributed by atoms with E-state index < -0.39 is 5.41 Å². The Morgan fingerprint density at radius 1 is 1.03 bits per heavy atom. The van der Waals surface area contributed by atoms with Gasteiger partial charge in [-0.2, -0.15) is 0 Å². The van der Waals surface area contributed by atoms with Crippen LogP contribution in [0, 0.1) is 0 Å². The fourth-order valence-corrected chi connectivity index (χ4v) is 4.14. The maximum atomic E-state index is 13.1. The van der Waals surface area contributed by atoms with Crippen molar-refractivity contribution in [3.63, 3.8) is 0 Å². The average molecular weight is 456 g/mol. The van der Waals surface area contributed by atoms with Gasteiger partial charge in [0, 0.05) is 6.54 Å². The van der Waals surface area contributed by atoms with Crippen LogP contribution in [0.25, 0.3) is 0 Å². The Morgan fingerprint density at radius 2 is 1.76 bits per heavy atom. The lowest BCUT2D eigenvalue weighted by atomic mass is 9.74. The molecule has 6 heteroatoms. The molecule has 0 radical (unpaired) electrons. The van der Waals surface area contributed by atoms with Crippen LogP contribution in [0.3, 0.4) is 0 Å². The number of methoxy groups -OCH3 is 2. The lowest BCUT2D eigenvalue weighted by Gasteiger charge is -2.32. The van der Waals surface area contributed by atoms with Gasteiger partial charge in [-0.25, -0.2) is 0 Å². The zero-order valence-electron chi connectivity index (χ0n) is 20.6. The van der Waals surface area contributed by atoms with Gasteiger partial charge in [0.1, 0.15) is 11.5 Å². The maximum absolute atomic E-state index is 13.1. The number of rotatable bonds is 14. The third kappa shape index (κ3) is 6.81. The third-order valence-electron chi connectivity index (χ3n) is 6.27. The largest absolute Gasteiger partial charge is 0.497 e. The van der Waals surface area contributed by atoms with Crippen molar-refractivity contribution in [2.45, 2.75) is 44.9 Å². The average Bonchev–Trinajstić information content (AvgIpc) is 2.85. The van der Waals surface area contributed by atoms with Gasteiger partial charge in [0.05, 0.1) is 31.8 Å². The first-order valence-corrected chi connectivity index (χ1v) is 11.6. The molecule has 1 unspecified atom stereocenters. The number of hydrogen-bond donors (Lipinski definition) is 0. The number of esters is 1. The Kier molecular flexibility index (Phi) is 10.4. The summed E-state index contributed by atoms with van der Waals surface area (Å²) in [5.41, 5.74) is 1.78. The molecule has 0 amide bonds. The highest BCUT2D eigenvalue weighted by Crippen LogP contribution is 2.37. The Bertz CT molecular complexity index is 896. The standard InChI is InChI=1S/C27H37NO5/c1-6-27(26(30)33-7-2,23-12-11-22(20-29)25(19-23)32-5)16-8-17-28(3)18-15-21-9-13-24(31-4)14-10-21/h9-14,19-20H,6-8,15-18H2,1-5H3. The molecule has 0 fully saturated rings. The highest BCUT2D eigenvalue weighted by Gasteiger charge is 2.40. The van der Waals surface area contributed by atoms with Crippen LogP contribution in [0.4, 0.5) is 0 Å². The fourth-order valence-electron chi connectivity index (χ4n) is 4.14. The SMILES string of the molecule is CCOC(=O)C(CC)(CCCN(C)CCc1ccc(OC)cc1)c1ccc(C=O)c(OC)c1. The number of carbonyl (C=O) groups excluding carboxylic acids is 2. The second-order valence-corrected chi connectivity index (χ2v) is 8.24. The Balaban J connectivity index is 2.08. The van der Waals surface area contributed by atoms with Gasteiger partial charge in [-0.3, -0.25) is 9.59 Å². The number of benzene rings is 2. The normalized spacial score (nSPS) is 12.8. The van der Waals surface area contributed by atoms with Crippen LogP contribution in [-0.2, 0) is 21.4 Å². The van der Waals surface area contributed by atoms with Crippen molar-refractivity contribution in [2.75, 3.05) is 41.0 Å². The Labute approximate surface area is 197 Å². The van der Waals surface area contributed by atoms with Gasteiger partial charge < -0.3 is 19.1 Å². The molecule has 0 saturated carbocycles. The molecule has 2 rings (SSSR count). The van der Waals surface area contributed by atoms with E-state index in [4.69, 9.17) is 14.2 Å². The van der Waals surface area contributed by atoms with Crippen molar-refractivity contribution in [2.24, 2.45) is 0 Å². The number of ether oxygens (including phenoxy) is 3. The molecule has 2 aromatic carbocycles. The zero-order valence-corrected chi connectivity index (χ0v) is 20.6. The Hall–Kier alpha value is -2.86. The van der Waals surface area contributed by atoms with Crippen molar-refractivity contribution < 1.29 is 23.8 Å². The van der Waals surface area contributed by atoms with Crippen molar-refractivity contribution in [1.82, 2.24) is 4.90 Å². The Morgan fingerprint density at radius 3 is 2.33 bits per heavy atom. The van der Waals surface area contributed by atoms with Crippen molar-refractivity contribution in [3.05, 3.63) is 59.2 Å². The van der Waals surface area contributed by atoms with E-state index in [9.17, 15) is 9.59 Å². The summed E-state index contributed by atoms with van der Waals surface area (Å²) in [6.45, 7) is 5.94. The molecule has 6 nitrogen and oxygen atoms in total. The van der Waals surface area contributed by atoms with Crippen molar-refractivity contribution in [3.8, 4) is 11.5 Å². The predicted octanol–water partition coefficient (Wildman–Crippen LogP) is 4.68. The van der Waals surface area contributed by atoms with E-state index in [-0.39, 0.29) is 5.97 Å². The first kappa shape index (κ1) is 26.4. The topological polar surface area (TPSA) is 65.1 Å². The summed E-state index contributed by atoms with van der Waals surface area (Å²) in [5, 5.41) is 0. The lowest BCUT2D eigenvalue weighted by molar-refractivity contribution is -0.150. The van der Waals surface area contributed by atoms with Crippen LogP contribution in [0.15, 0.2) is 42.5 Å². The van der Waals surface area contributed by atoms with Gasteiger partial charge >= 0.3 is 5.97 Å². The summed E-state index contributed by atoms with van der Waals surface area (Å²) in [6, 6.07) is 13.5. The second-order valence-electron chi connectivity index (χ2n) is 8.24.